The molecule has 6 heteroatoms. The van der Waals surface area contributed by atoms with Crippen LogP contribution in [-0.2, 0) is 10.9 Å². The van der Waals surface area contributed by atoms with E-state index >= 15 is 0 Å². The first kappa shape index (κ1) is 15.8. The molecule has 1 aliphatic rings. The Morgan fingerprint density at radius 3 is 2.38 bits per heavy atom. The Morgan fingerprint density at radius 1 is 1.19 bits per heavy atom. The van der Waals surface area contributed by atoms with Gasteiger partial charge in [0.15, 0.2) is 0 Å². The number of hydrogen-bond acceptors (Lipinski definition) is 2. The number of benzene rings is 1. The van der Waals surface area contributed by atoms with Crippen molar-refractivity contribution in [1.82, 2.24) is 5.32 Å². The summed E-state index contributed by atoms with van der Waals surface area (Å²) in [5.41, 5.74) is -1.22. The third-order valence-electron chi connectivity index (χ3n) is 3.82. The van der Waals surface area contributed by atoms with Crippen molar-refractivity contribution in [3.63, 3.8) is 0 Å². The molecule has 0 atom stereocenters. The first-order valence-corrected chi connectivity index (χ1v) is 6.91. The molecule has 1 amide bonds. The lowest BCUT2D eigenvalue weighted by Gasteiger charge is -2.28. The van der Waals surface area contributed by atoms with E-state index in [0.717, 1.165) is 31.7 Å². The lowest BCUT2D eigenvalue weighted by molar-refractivity contribution is -0.137. The van der Waals surface area contributed by atoms with E-state index < -0.39 is 17.6 Å². The third kappa shape index (κ3) is 3.97. The van der Waals surface area contributed by atoms with Gasteiger partial charge in [-0.05, 0) is 37.8 Å². The summed E-state index contributed by atoms with van der Waals surface area (Å²) in [6.07, 6.45) is -1.29. The van der Waals surface area contributed by atoms with E-state index in [4.69, 9.17) is 4.74 Å². The molecule has 1 N–H and O–H groups in total. The predicted octanol–water partition coefficient (Wildman–Crippen LogP) is 3.39. The Balaban J connectivity index is 2.05. The molecule has 21 heavy (non-hydrogen) atoms. The molecule has 1 fully saturated rings. The van der Waals surface area contributed by atoms with Crippen molar-refractivity contribution in [3.05, 3.63) is 35.4 Å². The SMILES string of the molecule is COC1CCC(NC(=O)c2ccccc2C(F)(F)F)CC1. The van der Waals surface area contributed by atoms with E-state index in [1.54, 1.807) is 7.11 Å². The van der Waals surface area contributed by atoms with Crippen LogP contribution in [0, 0.1) is 0 Å². The van der Waals surface area contributed by atoms with Gasteiger partial charge in [-0.3, -0.25) is 4.79 Å². The minimum absolute atomic E-state index is 0.0924. The summed E-state index contributed by atoms with van der Waals surface area (Å²) in [7, 11) is 1.64. The first-order valence-electron chi connectivity index (χ1n) is 6.91. The number of hydrogen-bond donors (Lipinski definition) is 1. The Kier molecular flexibility index (Phi) is 4.88. The van der Waals surface area contributed by atoms with E-state index in [1.807, 2.05) is 0 Å². The molecule has 116 valence electrons. The van der Waals surface area contributed by atoms with Crippen LogP contribution in [0.15, 0.2) is 24.3 Å². The van der Waals surface area contributed by atoms with Crippen LogP contribution in [-0.4, -0.2) is 25.2 Å². The maximum absolute atomic E-state index is 12.9. The van der Waals surface area contributed by atoms with Crippen molar-refractivity contribution >= 4 is 5.91 Å². The van der Waals surface area contributed by atoms with Gasteiger partial charge in [-0.2, -0.15) is 13.2 Å². The standard InChI is InChI=1S/C15H18F3NO2/c1-21-11-8-6-10(7-9-11)19-14(20)12-4-2-3-5-13(12)15(16,17)18/h2-5,10-11H,6-9H2,1H3,(H,19,20). The molecule has 0 spiro atoms. The number of carbonyl (C=O) groups is 1. The molecule has 0 bridgehead atoms. The Labute approximate surface area is 121 Å². The van der Waals surface area contributed by atoms with Gasteiger partial charge >= 0.3 is 6.18 Å². The number of ether oxygens (including phenoxy) is 1. The largest absolute Gasteiger partial charge is 0.417 e. The Morgan fingerprint density at radius 2 is 1.81 bits per heavy atom. The van der Waals surface area contributed by atoms with Crippen LogP contribution >= 0.6 is 0 Å². The number of rotatable bonds is 3. The average Bonchev–Trinajstić information content (AvgIpc) is 2.47. The molecule has 0 unspecified atom stereocenters. The molecule has 1 saturated carbocycles. The van der Waals surface area contributed by atoms with Gasteiger partial charge in [-0.15, -0.1) is 0 Å². The number of nitrogens with one attached hydrogen (secondary N) is 1. The fourth-order valence-electron chi connectivity index (χ4n) is 2.63. The van der Waals surface area contributed by atoms with Crippen molar-refractivity contribution in [2.75, 3.05) is 7.11 Å². The Hall–Kier alpha value is -1.56. The van der Waals surface area contributed by atoms with Gasteiger partial charge in [0, 0.05) is 13.2 Å². The van der Waals surface area contributed by atoms with Crippen molar-refractivity contribution in [2.24, 2.45) is 0 Å². The van der Waals surface area contributed by atoms with Crippen LogP contribution in [0.1, 0.15) is 41.6 Å². The van der Waals surface area contributed by atoms with Crippen LogP contribution in [0.2, 0.25) is 0 Å². The molecule has 2 rings (SSSR count). The second kappa shape index (κ2) is 6.47. The minimum Gasteiger partial charge on any atom is -0.381 e. The molecule has 0 radical (unpaired) electrons. The molecule has 1 aromatic carbocycles. The molecule has 1 aromatic rings. The number of methoxy groups -OCH3 is 1. The summed E-state index contributed by atoms with van der Waals surface area (Å²) in [6, 6.07) is 4.76. The number of alkyl halides is 3. The van der Waals surface area contributed by atoms with Gasteiger partial charge in [0.1, 0.15) is 0 Å². The zero-order chi connectivity index (χ0) is 15.5. The van der Waals surface area contributed by atoms with E-state index in [2.05, 4.69) is 5.32 Å². The van der Waals surface area contributed by atoms with Crippen molar-refractivity contribution in [2.45, 2.75) is 44.0 Å². The van der Waals surface area contributed by atoms with Crippen LogP contribution in [0.4, 0.5) is 13.2 Å². The van der Waals surface area contributed by atoms with E-state index in [-0.39, 0.29) is 17.7 Å². The topological polar surface area (TPSA) is 38.3 Å². The summed E-state index contributed by atoms with van der Waals surface area (Å²) in [6.45, 7) is 0. The normalized spacial score (nSPS) is 22.9. The van der Waals surface area contributed by atoms with Crippen molar-refractivity contribution in [1.29, 1.82) is 0 Å². The van der Waals surface area contributed by atoms with Crippen LogP contribution < -0.4 is 5.32 Å². The lowest BCUT2D eigenvalue weighted by Crippen LogP contribution is -2.39. The second-order valence-electron chi connectivity index (χ2n) is 5.23. The predicted molar refractivity (Wildman–Crippen MR) is 72.0 cm³/mol. The zero-order valence-corrected chi connectivity index (χ0v) is 11.7. The summed E-state index contributed by atoms with van der Waals surface area (Å²) in [5.74, 6) is -0.663. The fourth-order valence-corrected chi connectivity index (χ4v) is 2.63. The van der Waals surface area contributed by atoms with Gasteiger partial charge in [-0.25, -0.2) is 0 Å². The van der Waals surface area contributed by atoms with Gasteiger partial charge in [0.05, 0.1) is 17.2 Å². The molecular formula is C15H18F3NO2. The van der Waals surface area contributed by atoms with Crippen molar-refractivity contribution < 1.29 is 22.7 Å². The molecule has 0 aliphatic heterocycles. The van der Waals surface area contributed by atoms with Gasteiger partial charge in [0.2, 0.25) is 0 Å². The van der Waals surface area contributed by atoms with E-state index in [1.165, 1.54) is 18.2 Å². The first-order chi connectivity index (χ1) is 9.91. The summed E-state index contributed by atoms with van der Waals surface area (Å²) < 4.78 is 43.9. The smallest absolute Gasteiger partial charge is 0.381 e. The fraction of sp³-hybridized carbons (Fsp3) is 0.533. The van der Waals surface area contributed by atoms with Crippen LogP contribution in [0.25, 0.3) is 0 Å². The van der Waals surface area contributed by atoms with Crippen LogP contribution in [0.5, 0.6) is 0 Å². The maximum atomic E-state index is 12.9. The summed E-state index contributed by atoms with van der Waals surface area (Å²) in [5, 5.41) is 2.70. The molecular weight excluding hydrogens is 283 g/mol. The molecule has 1 aliphatic carbocycles. The number of halogens is 3. The van der Waals surface area contributed by atoms with Gasteiger partial charge in [0.25, 0.3) is 5.91 Å². The monoisotopic (exact) mass is 301 g/mol. The lowest BCUT2D eigenvalue weighted by atomic mass is 9.92. The highest BCUT2D eigenvalue weighted by molar-refractivity contribution is 5.96. The molecule has 0 saturated heterocycles. The second-order valence-corrected chi connectivity index (χ2v) is 5.23. The zero-order valence-electron chi connectivity index (χ0n) is 11.7. The average molecular weight is 301 g/mol. The quantitative estimate of drug-likeness (QED) is 0.929. The van der Waals surface area contributed by atoms with Gasteiger partial charge < -0.3 is 10.1 Å². The Bertz CT molecular complexity index is 494. The number of amides is 1. The summed E-state index contributed by atoms with van der Waals surface area (Å²) in [4.78, 5) is 12.1. The van der Waals surface area contributed by atoms with E-state index in [0.29, 0.717) is 0 Å². The molecule has 3 nitrogen and oxygen atoms in total. The highest BCUT2D eigenvalue weighted by Gasteiger charge is 2.35. The molecule has 0 aromatic heterocycles. The number of carbonyl (C=O) groups excluding carboxylic acids is 1. The highest BCUT2D eigenvalue weighted by Crippen LogP contribution is 2.32. The van der Waals surface area contributed by atoms with E-state index in [9.17, 15) is 18.0 Å². The van der Waals surface area contributed by atoms with Crippen LogP contribution in [0.3, 0.4) is 0 Å². The highest BCUT2D eigenvalue weighted by atomic mass is 19.4. The minimum atomic E-state index is -4.53. The van der Waals surface area contributed by atoms with Crippen molar-refractivity contribution in [3.8, 4) is 0 Å². The third-order valence-corrected chi connectivity index (χ3v) is 3.82. The molecule has 0 heterocycles. The maximum Gasteiger partial charge on any atom is 0.417 e. The summed E-state index contributed by atoms with van der Waals surface area (Å²) >= 11 is 0. The van der Waals surface area contributed by atoms with Gasteiger partial charge in [-0.1, -0.05) is 12.1 Å².